The molecule has 3 aromatic carbocycles. The molecule has 0 bridgehead atoms. The second kappa shape index (κ2) is 10.4. The first-order valence-corrected chi connectivity index (χ1v) is 11.5. The zero-order valence-corrected chi connectivity index (χ0v) is 19.7. The first kappa shape index (κ1) is 24.8. The van der Waals surface area contributed by atoms with Crippen LogP contribution < -0.4 is 19.1 Å². The second-order valence-corrected chi connectivity index (χ2v) is 9.13. The molecule has 3 aromatic rings. The first-order valence-electron chi connectivity index (χ1n) is 9.71. The minimum Gasteiger partial charge on any atom is -0.495 e. The maximum Gasteiger partial charge on any atom is 0.271 e. The number of nitrogens with zero attached hydrogens (tertiary/aromatic N) is 2. The van der Waals surface area contributed by atoms with Gasteiger partial charge in [-0.1, -0.05) is 29.8 Å². The predicted molar refractivity (Wildman–Crippen MR) is 127 cm³/mol. The van der Waals surface area contributed by atoms with Crippen LogP contribution in [0.1, 0.15) is 0 Å². The molecule has 0 saturated heterocycles. The summed E-state index contributed by atoms with van der Waals surface area (Å²) in [6.45, 7) is -0.681. The average molecular weight is 506 g/mol. The number of methoxy groups -OCH3 is 2. The largest absolute Gasteiger partial charge is 0.495 e. The number of nitrogens with one attached hydrogen (secondary N) is 1. The number of rotatable bonds is 9. The fourth-order valence-corrected chi connectivity index (χ4v) is 4.72. The minimum atomic E-state index is -4.23. The molecule has 0 radical (unpaired) electrons. The Kier molecular flexibility index (Phi) is 7.59. The van der Waals surface area contributed by atoms with Crippen LogP contribution in [0, 0.1) is 10.1 Å². The second-order valence-electron chi connectivity index (χ2n) is 6.83. The molecule has 0 aromatic heterocycles. The van der Waals surface area contributed by atoms with Crippen molar-refractivity contribution in [3.05, 3.63) is 81.9 Å². The van der Waals surface area contributed by atoms with Gasteiger partial charge in [0.05, 0.1) is 35.4 Å². The maximum atomic E-state index is 13.5. The van der Waals surface area contributed by atoms with Crippen molar-refractivity contribution in [1.29, 1.82) is 0 Å². The molecule has 0 fully saturated rings. The van der Waals surface area contributed by atoms with Crippen molar-refractivity contribution in [1.82, 2.24) is 0 Å². The van der Waals surface area contributed by atoms with Gasteiger partial charge in [-0.05, 0) is 36.4 Å². The third-order valence-corrected chi connectivity index (χ3v) is 6.71. The summed E-state index contributed by atoms with van der Waals surface area (Å²) >= 11 is 6.11. The summed E-state index contributed by atoms with van der Waals surface area (Å²) in [6.07, 6.45) is 0. The highest BCUT2D eigenvalue weighted by atomic mass is 35.5. The third kappa shape index (κ3) is 5.38. The normalized spacial score (nSPS) is 10.9. The van der Waals surface area contributed by atoms with Crippen molar-refractivity contribution in [3.63, 3.8) is 0 Å². The van der Waals surface area contributed by atoms with Crippen LogP contribution >= 0.6 is 11.6 Å². The van der Waals surface area contributed by atoms with Crippen LogP contribution in [0.4, 0.5) is 17.1 Å². The number of halogens is 1. The van der Waals surface area contributed by atoms with Crippen LogP contribution in [-0.2, 0) is 14.8 Å². The summed E-state index contributed by atoms with van der Waals surface area (Å²) in [5.74, 6) is -0.443. The Morgan fingerprint density at radius 2 is 1.68 bits per heavy atom. The Balaban J connectivity index is 2.04. The van der Waals surface area contributed by atoms with Gasteiger partial charge in [0.2, 0.25) is 5.91 Å². The molecule has 0 aliphatic carbocycles. The fourth-order valence-electron chi connectivity index (χ4n) is 3.10. The average Bonchev–Trinajstić information content (AvgIpc) is 2.82. The van der Waals surface area contributed by atoms with Crippen LogP contribution in [0.5, 0.6) is 11.5 Å². The number of sulfonamides is 1. The first-order chi connectivity index (χ1) is 16.2. The molecule has 0 heterocycles. The van der Waals surface area contributed by atoms with E-state index < -0.39 is 27.4 Å². The van der Waals surface area contributed by atoms with Gasteiger partial charge in [0.25, 0.3) is 15.7 Å². The lowest BCUT2D eigenvalue weighted by atomic mass is 10.2. The number of non-ortho nitro benzene ring substituents is 1. The number of nitro groups is 1. The van der Waals surface area contributed by atoms with Gasteiger partial charge in [-0.3, -0.25) is 19.2 Å². The van der Waals surface area contributed by atoms with Crippen LogP contribution in [0.25, 0.3) is 0 Å². The van der Waals surface area contributed by atoms with E-state index in [0.717, 1.165) is 10.4 Å². The molecule has 3 rings (SSSR count). The fraction of sp³-hybridized carbons (Fsp3) is 0.136. The van der Waals surface area contributed by atoms with E-state index in [0.29, 0.717) is 0 Å². The number of anilines is 2. The molecule has 12 heteroatoms. The summed E-state index contributed by atoms with van der Waals surface area (Å²) in [5.41, 5.74) is -0.224. The molecular weight excluding hydrogens is 486 g/mol. The zero-order chi connectivity index (χ0) is 24.9. The summed E-state index contributed by atoms with van der Waals surface area (Å²) in [5, 5.41) is 13.8. The van der Waals surface area contributed by atoms with Gasteiger partial charge < -0.3 is 14.8 Å². The van der Waals surface area contributed by atoms with Crippen molar-refractivity contribution in [2.45, 2.75) is 4.90 Å². The predicted octanol–water partition coefficient (Wildman–Crippen LogP) is 4.10. The van der Waals surface area contributed by atoms with E-state index in [9.17, 15) is 23.3 Å². The molecule has 0 saturated carbocycles. The minimum absolute atomic E-state index is 0.0109. The molecule has 0 unspecified atom stereocenters. The molecule has 178 valence electrons. The van der Waals surface area contributed by atoms with Crippen LogP contribution in [0.3, 0.4) is 0 Å². The third-order valence-electron chi connectivity index (χ3n) is 4.70. The Hall–Kier alpha value is -3.83. The number of ether oxygens (including phenoxy) is 2. The SMILES string of the molecule is COc1ccc([N+](=O)[O-])cc1NC(=O)CN(c1cc(Cl)ccc1OC)S(=O)(=O)c1ccccc1. The Morgan fingerprint density at radius 3 is 2.29 bits per heavy atom. The van der Waals surface area contributed by atoms with E-state index in [-0.39, 0.29) is 38.5 Å². The Morgan fingerprint density at radius 1 is 1.03 bits per heavy atom. The highest BCUT2D eigenvalue weighted by Crippen LogP contribution is 2.35. The van der Waals surface area contributed by atoms with E-state index in [1.165, 1.54) is 56.7 Å². The molecule has 0 spiro atoms. The van der Waals surface area contributed by atoms with Gasteiger partial charge in [-0.2, -0.15) is 0 Å². The van der Waals surface area contributed by atoms with Crippen molar-refractivity contribution in [2.24, 2.45) is 0 Å². The van der Waals surface area contributed by atoms with E-state index in [2.05, 4.69) is 5.32 Å². The van der Waals surface area contributed by atoms with Gasteiger partial charge in [-0.25, -0.2) is 8.42 Å². The highest BCUT2D eigenvalue weighted by Gasteiger charge is 2.30. The van der Waals surface area contributed by atoms with Crippen LogP contribution in [0.2, 0.25) is 5.02 Å². The molecule has 34 heavy (non-hydrogen) atoms. The highest BCUT2D eigenvalue weighted by molar-refractivity contribution is 7.92. The van der Waals surface area contributed by atoms with Gasteiger partial charge in [0.1, 0.15) is 18.0 Å². The molecule has 1 N–H and O–H groups in total. The van der Waals surface area contributed by atoms with Crippen molar-refractivity contribution in [3.8, 4) is 11.5 Å². The molecule has 0 aliphatic heterocycles. The van der Waals surface area contributed by atoms with Gasteiger partial charge in [0, 0.05) is 17.2 Å². The van der Waals surface area contributed by atoms with E-state index >= 15 is 0 Å². The molecule has 0 aliphatic rings. The summed E-state index contributed by atoms with van der Waals surface area (Å²) in [4.78, 5) is 23.4. The van der Waals surface area contributed by atoms with E-state index in [4.69, 9.17) is 21.1 Å². The monoisotopic (exact) mass is 505 g/mol. The molecule has 10 nitrogen and oxygen atoms in total. The number of carbonyl (C=O) groups excluding carboxylic acids is 1. The molecular formula is C22H20ClN3O7S. The van der Waals surface area contributed by atoms with E-state index in [1.54, 1.807) is 18.2 Å². The molecule has 0 atom stereocenters. The number of hydrogen-bond donors (Lipinski definition) is 1. The number of hydrogen-bond acceptors (Lipinski definition) is 7. The summed E-state index contributed by atoms with van der Waals surface area (Å²) < 4.78 is 38.3. The Labute approximate surface area is 200 Å². The smallest absolute Gasteiger partial charge is 0.271 e. The number of amides is 1. The lowest BCUT2D eigenvalue weighted by Gasteiger charge is -2.26. The number of benzene rings is 3. The van der Waals surface area contributed by atoms with Gasteiger partial charge in [-0.15, -0.1) is 0 Å². The van der Waals surface area contributed by atoms with Gasteiger partial charge in [0.15, 0.2) is 0 Å². The maximum absolute atomic E-state index is 13.5. The summed E-state index contributed by atoms with van der Waals surface area (Å²) in [7, 11) is -1.55. The van der Waals surface area contributed by atoms with Crippen molar-refractivity contribution >= 4 is 44.6 Å². The standard InChI is InChI=1S/C22H20ClN3O7S/c1-32-20-11-9-16(26(28)29)13-18(20)24-22(27)14-25(19-12-15(23)8-10-21(19)33-2)34(30,31)17-6-4-3-5-7-17/h3-13H,14H2,1-2H3,(H,24,27). The number of nitro benzene ring substituents is 1. The Bertz CT molecular complexity index is 1320. The van der Waals surface area contributed by atoms with Gasteiger partial charge >= 0.3 is 0 Å². The van der Waals surface area contributed by atoms with Crippen molar-refractivity contribution in [2.75, 3.05) is 30.4 Å². The topological polar surface area (TPSA) is 128 Å². The molecule has 1 amide bonds. The van der Waals surface area contributed by atoms with Crippen LogP contribution in [-0.4, -0.2) is 40.0 Å². The lowest BCUT2D eigenvalue weighted by molar-refractivity contribution is -0.384. The zero-order valence-electron chi connectivity index (χ0n) is 18.1. The summed E-state index contributed by atoms with van der Waals surface area (Å²) in [6, 6.07) is 15.6. The van der Waals surface area contributed by atoms with E-state index in [1.807, 2.05) is 0 Å². The lowest BCUT2D eigenvalue weighted by Crippen LogP contribution is -2.38. The number of carbonyl (C=O) groups is 1. The van der Waals surface area contributed by atoms with Crippen LogP contribution in [0.15, 0.2) is 71.6 Å². The quantitative estimate of drug-likeness (QED) is 0.342. The van der Waals surface area contributed by atoms with Crippen molar-refractivity contribution < 1.29 is 27.6 Å².